The molecular formula is C25H33N3O4. The van der Waals surface area contributed by atoms with Gasteiger partial charge >= 0.3 is 6.03 Å². The Hall–Kier alpha value is -2.93. The first kappa shape index (κ1) is 22.3. The van der Waals surface area contributed by atoms with Crippen molar-refractivity contribution in [3.8, 4) is 17.2 Å². The van der Waals surface area contributed by atoms with Crippen LogP contribution in [0.25, 0.3) is 0 Å². The number of urea groups is 1. The Balaban J connectivity index is 1.48. The molecule has 1 aliphatic heterocycles. The minimum atomic E-state index is -0.196. The number of nitrogens with zero attached hydrogens (tertiary/aromatic N) is 1. The lowest BCUT2D eigenvalue weighted by Crippen LogP contribution is -2.52. The van der Waals surface area contributed by atoms with Crippen molar-refractivity contribution in [1.29, 1.82) is 0 Å². The maximum Gasteiger partial charge on any atom is 0.319 e. The first-order chi connectivity index (χ1) is 15.5. The third-order valence-electron chi connectivity index (χ3n) is 7.18. The van der Waals surface area contributed by atoms with Crippen LogP contribution in [-0.2, 0) is 5.41 Å². The summed E-state index contributed by atoms with van der Waals surface area (Å²) in [7, 11) is 7.13. The molecule has 3 unspecified atom stereocenters. The van der Waals surface area contributed by atoms with Gasteiger partial charge in [-0.15, -0.1) is 0 Å². The smallest absolute Gasteiger partial charge is 0.319 e. The number of anilines is 1. The largest absolute Gasteiger partial charge is 0.495 e. The quantitative estimate of drug-likeness (QED) is 0.711. The normalized spacial score (nSPS) is 25.0. The summed E-state index contributed by atoms with van der Waals surface area (Å²) in [5.41, 5.74) is 2.02. The number of carbonyl (C=O) groups is 1. The summed E-state index contributed by atoms with van der Waals surface area (Å²) < 4.78 is 16.3. The maximum absolute atomic E-state index is 12.7. The van der Waals surface area contributed by atoms with Gasteiger partial charge in [0.15, 0.2) is 11.5 Å². The standard InChI is InChI=1S/C25H33N3O4/c1-28-14-13-25(17-9-10-21(31-3)22(15-17)32-4)12-11-18(16-23(25)28)26-24(29)27-19-7-5-6-8-20(19)30-2/h5-10,15,18,23H,11-14,16H2,1-4H3,(H2,26,27,29). The highest BCUT2D eigenvalue weighted by molar-refractivity contribution is 5.91. The molecule has 172 valence electrons. The molecule has 0 aromatic heterocycles. The van der Waals surface area contributed by atoms with Crippen LogP contribution in [0.2, 0.25) is 0 Å². The summed E-state index contributed by atoms with van der Waals surface area (Å²) in [6.45, 7) is 1.04. The van der Waals surface area contributed by atoms with Crippen molar-refractivity contribution in [2.24, 2.45) is 0 Å². The summed E-state index contributed by atoms with van der Waals surface area (Å²) in [6, 6.07) is 14.0. The van der Waals surface area contributed by atoms with Crippen LogP contribution in [0.3, 0.4) is 0 Å². The van der Waals surface area contributed by atoms with Crippen LogP contribution in [0.5, 0.6) is 17.2 Å². The van der Waals surface area contributed by atoms with E-state index in [1.165, 1.54) is 5.56 Å². The third-order valence-corrected chi connectivity index (χ3v) is 7.18. The van der Waals surface area contributed by atoms with E-state index in [0.717, 1.165) is 43.7 Å². The zero-order chi connectivity index (χ0) is 22.7. The fourth-order valence-electron chi connectivity index (χ4n) is 5.49. The number of carbonyl (C=O) groups excluding carboxylic acids is 1. The lowest BCUT2D eigenvalue weighted by atomic mass is 9.65. The van der Waals surface area contributed by atoms with Crippen LogP contribution in [0, 0.1) is 0 Å². The van der Waals surface area contributed by atoms with Crippen LogP contribution in [0.4, 0.5) is 10.5 Å². The second-order valence-corrected chi connectivity index (χ2v) is 8.74. The maximum atomic E-state index is 12.7. The zero-order valence-corrected chi connectivity index (χ0v) is 19.3. The Bertz CT molecular complexity index is 966. The van der Waals surface area contributed by atoms with Crippen molar-refractivity contribution in [3.05, 3.63) is 48.0 Å². The summed E-state index contributed by atoms with van der Waals surface area (Å²) in [5.74, 6) is 2.16. The van der Waals surface area contributed by atoms with E-state index < -0.39 is 0 Å². The lowest BCUT2D eigenvalue weighted by Gasteiger charge is -2.45. The van der Waals surface area contributed by atoms with Gasteiger partial charge in [0.1, 0.15) is 5.75 Å². The van der Waals surface area contributed by atoms with Crippen molar-refractivity contribution in [1.82, 2.24) is 10.2 Å². The van der Waals surface area contributed by atoms with E-state index in [1.807, 2.05) is 30.3 Å². The number of nitrogens with one attached hydrogen (secondary N) is 2. The van der Waals surface area contributed by atoms with Gasteiger partial charge in [0, 0.05) is 17.5 Å². The molecule has 2 N–H and O–H groups in total. The van der Waals surface area contributed by atoms with Gasteiger partial charge in [-0.1, -0.05) is 18.2 Å². The van der Waals surface area contributed by atoms with Crippen LogP contribution >= 0.6 is 0 Å². The fraction of sp³-hybridized carbons (Fsp3) is 0.480. The van der Waals surface area contributed by atoms with Gasteiger partial charge in [-0.05, 0) is 69.1 Å². The molecule has 2 aromatic rings. The predicted octanol–water partition coefficient (Wildman–Crippen LogP) is 4.03. The van der Waals surface area contributed by atoms with Crippen LogP contribution in [0.15, 0.2) is 42.5 Å². The SMILES string of the molecule is COc1ccccc1NC(=O)NC1CCC2(c3ccc(OC)c(OC)c3)CCN(C)C2C1. The van der Waals surface area contributed by atoms with Gasteiger partial charge in [0.2, 0.25) is 0 Å². The number of hydrogen-bond donors (Lipinski definition) is 2. The summed E-state index contributed by atoms with van der Waals surface area (Å²) in [6.07, 6.45) is 3.95. The van der Waals surface area contributed by atoms with Gasteiger partial charge in [0.05, 0.1) is 27.0 Å². The molecule has 2 fully saturated rings. The number of amides is 2. The predicted molar refractivity (Wildman–Crippen MR) is 125 cm³/mol. The molecule has 0 radical (unpaired) electrons. The van der Waals surface area contributed by atoms with E-state index in [0.29, 0.717) is 17.5 Å². The van der Waals surface area contributed by atoms with Gasteiger partial charge in [-0.2, -0.15) is 0 Å². The number of ether oxygens (including phenoxy) is 3. The van der Waals surface area contributed by atoms with E-state index in [4.69, 9.17) is 14.2 Å². The highest BCUT2D eigenvalue weighted by Gasteiger charge is 2.50. The molecule has 2 amide bonds. The average molecular weight is 440 g/mol. The molecule has 0 spiro atoms. The van der Waals surface area contributed by atoms with Crippen LogP contribution < -0.4 is 24.8 Å². The topological polar surface area (TPSA) is 72.1 Å². The molecule has 1 saturated heterocycles. The number of fused-ring (bicyclic) bond motifs is 1. The Morgan fingerprint density at radius 2 is 1.75 bits per heavy atom. The van der Waals surface area contributed by atoms with Gasteiger partial charge in [0.25, 0.3) is 0 Å². The number of likely N-dealkylation sites (N-methyl/N-ethyl adjacent to an activating group) is 1. The molecule has 1 heterocycles. The molecule has 7 nitrogen and oxygen atoms in total. The second-order valence-electron chi connectivity index (χ2n) is 8.74. The first-order valence-electron chi connectivity index (χ1n) is 11.1. The van der Waals surface area contributed by atoms with E-state index in [2.05, 4.69) is 34.7 Å². The van der Waals surface area contributed by atoms with Crippen LogP contribution in [-0.4, -0.2) is 57.9 Å². The number of likely N-dealkylation sites (tertiary alicyclic amines) is 1. The molecule has 4 rings (SSSR count). The average Bonchev–Trinajstić information content (AvgIpc) is 3.16. The summed E-state index contributed by atoms with van der Waals surface area (Å²) in [4.78, 5) is 15.1. The van der Waals surface area contributed by atoms with Crippen LogP contribution in [0.1, 0.15) is 31.2 Å². The van der Waals surface area contributed by atoms with Gasteiger partial charge in [-0.25, -0.2) is 4.79 Å². The van der Waals surface area contributed by atoms with Crippen molar-refractivity contribution < 1.29 is 19.0 Å². The van der Waals surface area contributed by atoms with E-state index >= 15 is 0 Å². The Labute approximate surface area is 190 Å². The number of rotatable bonds is 6. The molecule has 1 saturated carbocycles. The third kappa shape index (κ3) is 4.09. The monoisotopic (exact) mass is 439 g/mol. The molecule has 2 aromatic carbocycles. The molecular weight excluding hydrogens is 406 g/mol. The molecule has 7 heteroatoms. The number of para-hydroxylation sites is 2. The molecule has 1 aliphatic carbocycles. The minimum Gasteiger partial charge on any atom is -0.495 e. The lowest BCUT2D eigenvalue weighted by molar-refractivity contribution is 0.156. The molecule has 32 heavy (non-hydrogen) atoms. The molecule has 2 aliphatic rings. The van der Waals surface area contributed by atoms with Crippen molar-refractivity contribution in [3.63, 3.8) is 0 Å². The summed E-state index contributed by atoms with van der Waals surface area (Å²) in [5, 5.41) is 6.11. The number of benzene rings is 2. The Morgan fingerprint density at radius 3 is 2.50 bits per heavy atom. The number of hydrogen-bond acceptors (Lipinski definition) is 5. The Morgan fingerprint density at radius 1 is 1.00 bits per heavy atom. The minimum absolute atomic E-state index is 0.0611. The van der Waals surface area contributed by atoms with Crippen molar-refractivity contribution >= 4 is 11.7 Å². The zero-order valence-electron chi connectivity index (χ0n) is 19.3. The van der Waals surface area contributed by atoms with E-state index in [1.54, 1.807) is 21.3 Å². The van der Waals surface area contributed by atoms with Gasteiger partial charge in [-0.3, -0.25) is 0 Å². The summed E-state index contributed by atoms with van der Waals surface area (Å²) >= 11 is 0. The number of methoxy groups -OCH3 is 3. The second kappa shape index (κ2) is 9.28. The van der Waals surface area contributed by atoms with E-state index in [9.17, 15) is 4.79 Å². The molecule has 3 atom stereocenters. The first-order valence-corrected chi connectivity index (χ1v) is 11.1. The fourth-order valence-corrected chi connectivity index (χ4v) is 5.49. The van der Waals surface area contributed by atoms with Gasteiger partial charge < -0.3 is 29.7 Å². The van der Waals surface area contributed by atoms with E-state index in [-0.39, 0.29) is 17.5 Å². The van der Waals surface area contributed by atoms with Crippen molar-refractivity contribution in [2.75, 3.05) is 40.2 Å². The highest BCUT2D eigenvalue weighted by Crippen LogP contribution is 2.49. The Kier molecular flexibility index (Phi) is 6.46. The van der Waals surface area contributed by atoms with Crippen molar-refractivity contribution in [2.45, 2.75) is 43.2 Å². The highest BCUT2D eigenvalue weighted by atomic mass is 16.5. The molecule has 0 bridgehead atoms.